The Balaban J connectivity index is 1.51. The number of hydrogen-bond donors (Lipinski definition) is 2. The van der Waals surface area contributed by atoms with Gasteiger partial charge in [-0.3, -0.25) is 5.10 Å². The third kappa shape index (κ3) is 4.37. The fourth-order valence-electron chi connectivity index (χ4n) is 6.77. The van der Waals surface area contributed by atoms with E-state index in [1.54, 1.807) is 23.7 Å². The van der Waals surface area contributed by atoms with Crippen LogP contribution in [0.5, 0.6) is 0 Å². The molecule has 0 spiro atoms. The van der Waals surface area contributed by atoms with E-state index in [2.05, 4.69) is 46.5 Å². The van der Waals surface area contributed by atoms with E-state index in [0.29, 0.717) is 17.3 Å². The molecule has 8 nitrogen and oxygen atoms in total. The molecule has 6 heterocycles. The van der Waals surface area contributed by atoms with Crippen LogP contribution in [0.2, 0.25) is 0 Å². The molecular formula is C40H24N6O2S. The molecular weight excluding hydrogens is 629 g/mol. The Morgan fingerprint density at radius 2 is 1.49 bits per heavy atom. The van der Waals surface area contributed by atoms with Crippen molar-refractivity contribution in [3.8, 4) is 67.1 Å². The Labute approximate surface area is 282 Å². The van der Waals surface area contributed by atoms with Gasteiger partial charge in [-0.15, -0.1) is 11.3 Å². The Hall–Kier alpha value is -6.58. The minimum Gasteiger partial charge on any atom is -0.463 e. The first-order valence-corrected chi connectivity index (χ1v) is 16.6. The summed E-state index contributed by atoms with van der Waals surface area (Å²) in [5, 5.41) is 11.6. The van der Waals surface area contributed by atoms with Crippen LogP contribution in [0.25, 0.3) is 99.1 Å². The smallest absolute Gasteiger partial charge is 0.160 e. The van der Waals surface area contributed by atoms with E-state index >= 15 is 0 Å². The van der Waals surface area contributed by atoms with E-state index < -0.39 is 0 Å². The average molecular weight is 653 g/mol. The minimum atomic E-state index is 0.525. The van der Waals surface area contributed by atoms with Crippen LogP contribution in [0.15, 0.2) is 143 Å². The molecule has 0 aliphatic rings. The van der Waals surface area contributed by atoms with Gasteiger partial charge in [0.15, 0.2) is 5.82 Å². The average Bonchev–Trinajstić information content (AvgIpc) is 3.99. The van der Waals surface area contributed by atoms with E-state index in [4.69, 9.17) is 28.9 Å². The molecule has 0 atom stereocenters. The highest BCUT2D eigenvalue weighted by molar-refractivity contribution is 7.21. The number of furan rings is 2. The fraction of sp³-hybridized carbons (Fsp3) is 0. The van der Waals surface area contributed by atoms with Crippen molar-refractivity contribution in [1.29, 1.82) is 0 Å². The number of rotatable bonds is 6. The van der Waals surface area contributed by atoms with Crippen LogP contribution in [0.1, 0.15) is 0 Å². The van der Waals surface area contributed by atoms with Gasteiger partial charge in [0.25, 0.3) is 0 Å². The van der Waals surface area contributed by atoms with Gasteiger partial charge >= 0.3 is 0 Å². The number of hydrogen-bond acceptors (Lipinski definition) is 7. The Bertz CT molecular complexity index is 2710. The van der Waals surface area contributed by atoms with Crippen molar-refractivity contribution < 1.29 is 8.83 Å². The molecule has 2 N–H and O–H groups in total. The molecule has 9 heteroatoms. The van der Waals surface area contributed by atoms with Gasteiger partial charge in [-0.2, -0.15) is 5.10 Å². The highest BCUT2D eigenvalue weighted by Gasteiger charge is 2.35. The Morgan fingerprint density at radius 1 is 0.653 bits per heavy atom. The maximum Gasteiger partial charge on any atom is 0.160 e. The number of H-pyrrole nitrogens is 2. The summed E-state index contributed by atoms with van der Waals surface area (Å²) in [6, 6.07) is 34.4. The van der Waals surface area contributed by atoms with Crippen molar-refractivity contribution >= 4 is 43.3 Å². The van der Waals surface area contributed by atoms with Crippen molar-refractivity contribution in [2.24, 2.45) is 0 Å². The van der Waals surface area contributed by atoms with Crippen LogP contribution < -0.4 is 0 Å². The molecule has 0 radical (unpaired) electrons. The monoisotopic (exact) mass is 652 g/mol. The highest BCUT2D eigenvalue weighted by Crippen LogP contribution is 2.57. The van der Waals surface area contributed by atoms with Gasteiger partial charge in [0.1, 0.15) is 22.1 Å². The van der Waals surface area contributed by atoms with Gasteiger partial charge < -0.3 is 13.8 Å². The summed E-state index contributed by atoms with van der Waals surface area (Å²) < 4.78 is 14.5. The molecule has 10 rings (SSSR count). The van der Waals surface area contributed by atoms with Crippen LogP contribution in [0.4, 0.5) is 0 Å². The predicted octanol–water partition coefficient (Wildman–Crippen LogP) is 10.6. The van der Waals surface area contributed by atoms with Crippen molar-refractivity contribution in [2.45, 2.75) is 0 Å². The van der Waals surface area contributed by atoms with E-state index in [1.807, 2.05) is 85.4 Å². The maximum absolute atomic E-state index is 6.77. The summed E-state index contributed by atoms with van der Waals surface area (Å²) in [5.74, 6) is 1.87. The molecule has 0 saturated carbocycles. The molecule has 6 aromatic heterocycles. The second kappa shape index (κ2) is 11.0. The number of nitrogens with zero attached hydrogens (tertiary/aromatic N) is 4. The molecule has 0 fully saturated rings. The summed E-state index contributed by atoms with van der Waals surface area (Å²) in [5.41, 5.74) is 8.28. The lowest BCUT2D eigenvalue weighted by molar-refractivity contribution is 0.586. The largest absolute Gasteiger partial charge is 0.463 e. The summed E-state index contributed by atoms with van der Waals surface area (Å²) >= 11 is 1.64. The van der Waals surface area contributed by atoms with Crippen LogP contribution >= 0.6 is 11.3 Å². The highest BCUT2D eigenvalue weighted by atomic mass is 32.1. The Morgan fingerprint density at radius 3 is 2.31 bits per heavy atom. The summed E-state index contributed by atoms with van der Waals surface area (Å²) in [4.78, 5) is 18.5. The zero-order chi connectivity index (χ0) is 32.3. The summed E-state index contributed by atoms with van der Waals surface area (Å²) in [6.45, 7) is 0. The number of thiazole rings is 1. The molecule has 0 amide bonds. The normalized spacial score (nSPS) is 11.7. The fourth-order valence-corrected chi connectivity index (χ4v) is 7.79. The number of nitrogens with one attached hydrogen (secondary N) is 2. The molecule has 0 bridgehead atoms. The van der Waals surface area contributed by atoms with Crippen LogP contribution in [-0.4, -0.2) is 30.1 Å². The van der Waals surface area contributed by atoms with Crippen molar-refractivity contribution in [1.82, 2.24) is 30.1 Å². The third-order valence-electron chi connectivity index (χ3n) is 8.83. The van der Waals surface area contributed by atoms with Crippen LogP contribution in [-0.2, 0) is 0 Å². The standard InChI is InChI=1S/C40H24N6O2S/c1-3-11-25-24(10-1)22-47-38(25)35-34(30-21-23-9-2-5-14-29(23)48-30)36(39-42-18-8-19-43-39)33(28-16-20-44-46-28)32(27-13-7-17-41-27)37(35)40-45-26-12-4-6-15-31(26)49-40/h1-22,41H,(H,44,46). The molecule has 232 valence electrons. The van der Waals surface area contributed by atoms with Gasteiger partial charge in [0.05, 0.1) is 22.2 Å². The molecule has 0 unspecified atom stereocenters. The topological polar surface area (TPSA) is 109 Å². The maximum atomic E-state index is 6.77. The number of aromatic amines is 2. The molecule has 0 aliphatic heterocycles. The van der Waals surface area contributed by atoms with E-state index in [0.717, 1.165) is 81.7 Å². The predicted molar refractivity (Wildman–Crippen MR) is 194 cm³/mol. The minimum absolute atomic E-state index is 0.525. The first kappa shape index (κ1) is 27.5. The van der Waals surface area contributed by atoms with E-state index in [9.17, 15) is 0 Å². The molecule has 0 saturated heterocycles. The van der Waals surface area contributed by atoms with Gasteiger partial charge in [0, 0.05) is 80.0 Å². The lowest BCUT2D eigenvalue weighted by Gasteiger charge is -2.23. The van der Waals surface area contributed by atoms with Gasteiger partial charge in [0.2, 0.25) is 0 Å². The lowest BCUT2D eigenvalue weighted by Crippen LogP contribution is -2.03. The number of benzene rings is 4. The SMILES string of the molecule is c1cnc(-c2c(-c3cc[nH]n3)c(-c3ccc[nH]3)c(-c3nc4ccccc4s3)c(-c3occ4ccccc34)c2-c2cc3ccccc3o2)nc1. The summed E-state index contributed by atoms with van der Waals surface area (Å²) in [6.07, 6.45) is 9.09. The molecule has 4 aromatic carbocycles. The molecule has 0 aliphatic carbocycles. The van der Waals surface area contributed by atoms with Gasteiger partial charge in [-0.05, 0) is 48.5 Å². The van der Waals surface area contributed by atoms with Gasteiger partial charge in [-0.1, -0.05) is 54.6 Å². The van der Waals surface area contributed by atoms with Crippen LogP contribution in [0.3, 0.4) is 0 Å². The quantitative estimate of drug-likeness (QED) is 0.185. The van der Waals surface area contributed by atoms with Crippen molar-refractivity contribution in [3.63, 3.8) is 0 Å². The number of para-hydroxylation sites is 2. The van der Waals surface area contributed by atoms with Crippen molar-refractivity contribution in [2.75, 3.05) is 0 Å². The molecule has 10 aromatic rings. The molecule has 49 heavy (non-hydrogen) atoms. The Kier molecular flexibility index (Phi) is 6.18. The first-order chi connectivity index (χ1) is 24.3. The third-order valence-corrected chi connectivity index (χ3v) is 9.88. The van der Waals surface area contributed by atoms with Crippen molar-refractivity contribution in [3.05, 3.63) is 134 Å². The van der Waals surface area contributed by atoms with Crippen LogP contribution in [0, 0.1) is 0 Å². The second-order valence-corrected chi connectivity index (χ2v) is 12.7. The second-order valence-electron chi connectivity index (χ2n) is 11.7. The summed E-state index contributed by atoms with van der Waals surface area (Å²) in [7, 11) is 0. The zero-order valence-electron chi connectivity index (χ0n) is 25.7. The zero-order valence-corrected chi connectivity index (χ0v) is 26.5. The first-order valence-electron chi connectivity index (χ1n) is 15.8. The van der Waals surface area contributed by atoms with Gasteiger partial charge in [-0.25, -0.2) is 15.0 Å². The lowest BCUT2D eigenvalue weighted by atomic mass is 9.81. The van der Waals surface area contributed by atoms with E-state index in [1.165, 1.54) is 0 Å². The number of fused-ring (bicyclic) bond motifs is 3. The van der Waals surface area contributed by atoms with E-state index in [-0.39, 0.29) is 0 Å². The number of aromatic nitrogens is 6.